The van der Waals surface area contributed by atoms with Gasteiger partial charge in [-0.25, -0.2) is 4.79 Å². The van der Waals surface area contributed by atoms with Crippen molar-refractivity contribution in [1.29, 1.82) is 0 Å². The third-order valence-electron chi connectivity index (χ3n) is 17.6. The number of nitrogens with one attached hydrogen (secondary N) is 9. The first-order valence-electron chi connectivity index (χ1n) is 34.1. The van der Waals surface area contributed by atoms with Crippen molar-refractivity contribution in [3.05, 3.63) is 120 Å². The number of aromatic nitrogens is 4. The summed E-state index contributed by atoms with van der Waals surface area (Å²) < 4.78 is 20.3. The summed E-state index contributed by atoms with van der Waals surface area (Å²) in [5.41, 5.74) is 20.3. The molecule has 540 valence electrons. The number of carbonyl (C=O) groups excluding carboxylic acids is 10. The van der Waals surface area contributed by atoms with Crippen LogP contribution in [0.5, 0.6) is 0 Å². The van der Waals surface area contributed by atoms with Gasteiger partial charge in [0.1, 0.15) is 36.8 Å². The van der Waals surface area contributed by atoms with Crippen LogP contribution in [0.4, 0.5) is 4.79 Å². The summed E-state index contributed by atoms with van der Waals surface area (Å²) >= 11 is 1.85. The van der Waals surface area contributed by atoms with Gasteiger partial charge in [0.15, 0.2) is 11.7 Å². The Bertz CT molecular complexity index is 3590. The first-order valence-corrected chi connectivity index (χ1v) is 35.2. The summed E-state index contributed by atoms with van der Waals surface area (Å²) in [5.74, 6) is -6.26. The van der Waals surface area contributed by atoms with E-state index >= 15 is 14.4 Å². The van der Waals surface area contributed by atoms with Crippen molar-refractivity contribution in [3.8, 4) is 0 Å². The topological polar surface area (TPSA) is 433 Å². The minimum atomic E-state index is -1.37. The van der Waals surface area contributed by atoms with Crippen LogP contribution in [-0.2, 0) is 96.6 Å². The number of nitrogens with two attached hydrogens (primary N) is 3. The van der Waals surface area contributed by atoms with Gasteiger partial charge in [-0.2, -0.15) is 11.8 Å². The summed E-state index contributed by atoms with van der Waals surface area (Å²) in [6.45, 7) is 2.45. The highest BCUT2D eigenvalue weighted by molar-refractivity contribution is 8.00. The lowest BCUT2D eigenvalue weighted by Gasteiger charge is -2.27. The zero-order valence-corrected chi connectivity index (χ0v) is 57.5. The van der Waals surface area contributed by atoms with Crippen molar-refractivity contribution in [3.63, 3.8) is 0 Å². The van der Waals surface area contributed by atoms with Gasteiger partial charge in [-0.1, -0.05) is 90.5 Å². The molecule has 3 aliphatic heterocycles. The number of fused-ring (bicyclic) bond motifs is 4. The molecule has 10 atom stereocenters. The molecule has 0 spiro atoms. The number of rotatable bonds is 28. The number of primary amides is 1. The molecular weight excluding hydrogens is 1310 g/mol. The molecule has 2 saturated heterocycles. The van der Waals surface area contributed by atoms with E-state index in [4.69, 9.17) is 31.4 Å². The van der Waals surface area contributed by atoms with E-state index in [-0.39, 0.29) is 127 Å². The largest absolute Gasteiger partial charge is 0.377 e. The highest BCUT2D eigenvalue weighted by Crippen LogP contribution is 2.33. The first kappa shape index (κ1) is 76.3. The molecule has 10 amide bonds. The maximum Gasteiger partial charge on any atom is 0.315 e. The number of nitrogens with zero attached hydrogens (tertiary/aromatic N) is 5. The molecule has 3 aromatic carbocycles. The Labute approximate surface area is 585 Å². The molecule has 100 heavy (non-hydrogen) atoms. The van der Waals surface area contributed by atoms with Crippen molar-refractivity contribution in [2.45, 2.75) is 157 Å². The lowest BCUT2D eigenvalue weighted by Crippen LogP contribution is -2.57. The predicted molar refractivity (Wildman–Crippen MR) is 373 cm³/mol. The summed E-state index contributed by atoms with van der Waals surface area (Å²) in [6, 6.07) is 17.8. The molecule has 5 heterocycles. The number of amides is 10. The van der Waals surface area contributed by atoms with E-state index in [9.17, 15) is 33.6 Å². The Morgan fingerprint density at radius 2 is 1.33 bits per heavy atom. The monoisotopic (exact) mass is 1400 g/mol. The number of thioether (sulfide) groups is 1. The van der Waals surface area contributed by atoms with Crippen LogP contribution in [0.1, 0.15) is 93.5 Å². The van der Waals surface area contributed by atoms with Gasteiger partial charge < -0.3 is 83.8 Å². The van der Waals surface area contributed by atoms with Gasteiger partial charge in [0.25, 0.3) is 0 Å². The standard InChI is InChI=1S/C69H95N17O13S/c1-43-63(91)78-51(62(70)90)21-13-14-28-86-40-48(83-84-86)38-54(76-60(89)41-99-33-32-98-31-30-97-29-27-73-59(88)25-12-11-24-58-61-55(42-100-58)81-69(96)82-61)67(95)80-52(35-45-18-7-4-8-19-45)66(94)77-50(22-15-26-74-68(71)72)57(87)37-46(34-44-16-5-3-6-17-44)64(92)79-53(65(93)75-43)36-47-39-85(2)56-23-10-9-20-49(47)56/h3-10,16-20,23,39-40,43,46,50-55,58,61H,11-15,21-22,24-38,41-42H2,1-2H3,(H2,70,90)(H,73,88)(H,75,93)(H,76,89)(H,77,94)(H,78,91)(H,79,92)(H,80,95)(H4,71,72,74)(H2,81,82,96)/t43-,46+,50-,51+,52-,53+,54+,55+,58?,61+/m1/s1. The molecule has 0 radical (unpaired) electrons. The minimum absolute atomic E-state index is 0.00131. The quantitative estimate of drug-likeness (QED) is 0.0137. The number of benzene rings is 3. The average molecular weight is 1400 g/mol. The number of guanidine groups is 1. The van der Waals surface area contributed by atoms with Crippen molar-refractivity contribution >= 4 is 87.7 Å². The van der Waals surface area contributed by atoms with Gasteiger partial charge in [-0.05, 0) is 81.0 Å². The van der Waals surface area contributed by atoms with Crippen LogP contribution in [-0.4, -0.2) is 197 Å². The van der Waals surface area contributed by atoms with Crippen LogP contribution in [0.25, 0.3) is 10.9 Å². The molecule has 31 heteroatoms. The number of para-hydroxylation sites is 1. The van der Waals surface area contributed by atoms with E-state index in [1.807, 2.05) is 53.8 Å². The van der Waals surface area contributed by atoms with Crippen LogP contribution in [0.2, 0.25) is 0 Å². The van der Waals surface area contributed by atoms with E-state index in [2.05, 4.69) is 63.2 Å². The maximum absolute atomic E-state index is 15.1. The zero-order valence-electron chi connectivity index (χ0n) is 56.7. The molecular formula is C69H95N17O13S. The fraction of sp³-hybridized carbons (Fsp3) is 0.522. The number of carbonyl (C=O) groups is 10. The SMILES string of the molecule is C[C@H]1NC(=O)[C@H](Cc2cn(C)c3ccccc23)NC(=O)[C@@H](Cc2ccccc2)CC(=O)[C@@H](CCCN=C(N)N)NC(=O)[C@@H](Cc2ccccc2)NC(=O)[C@@H](NC(=O)COCCOCCOCCNC(=O)CCCCC2SC[C@@H]3NC(=O)N[C@H]23)Cc2cn(nn2)CCCC[C@@H](C(N)=O)NC1=O. The van der Waals surface area contributed by atoms with E-state index in [1.54, 1.807) is 66.9 Å². The number of ketones is 1. The third kappa shape index (κ3) is 24.5. The molecule has 15 N–H and O–H groups in total. The van der Waals surface area contributed by atoms with Crippen LogP contribution in [0.3, 0.4) is 0 Å². The van der Waals surface area contributed by atoms with Gasteiger partial charge in [0.05, 0.1) is 56.9 Å². The number of hydrogen-bond donors (Lipinski definition) is 12. The molecule has 2 fully saturated rings. The van der Waals surface area contributed by atoms with E-state index in [0.717, 1.165) is 35.9 Å². The average Bonchev–Trinajstić information content (AvgIpc) is 1.63. The minimum Gasteiger partial charge on any atom is -0.377 e. The lowest BCUT2D eigenvalue weighted by atomic mass is 9.89. The van der Waals surface area contributed by atoms with Crippen LogP contribution in [0, 0.1) is 5.92 Å². The second-order valence-electron chi connectivity index (χ2n) is 25.3. The molecule has 0 aliphatic carbocycles. The number of ether oxygens (including phenoxy) is 3. The van der Waals surface area contributed by atoms with Gasteiger partial charge in [-0.3, -0.25) is 52.8 Å². The van der Waals surface area contributed by atoms with Crippen LogP contribution in [0.15, 0.2) is 102 Å². The van der Waals surface area contributed by atoms with Crippen molar-refractivity contribution in [2.24, 2.45) is 35.2 Å². The highest BCUT2D eigenvalue weighted by Gasteiger charge is 2.43. The fourth-order valence-electron chi connectivity index (χ4n) is 12.3. The molecule has 8 rings (SSSR count). The lowest BCUT2D eigenvalue weighted by molar-refractivity contribution is -0.136. The van der Waals surface area contributed by atoms with Gasteiger partial charge >= 0.3 is 6.03 Å². The van der Waals surface area contributed by atoms with E-state index in [1.165, 1.54) is 11.6 Å². The Kier molecular flexibility index (Phi) is 30.0. The summed E-state index contributed by atoms with van der Waals surface area (Å²) in [4.78, 5) is 143. The van der Waals surface area contributed by atoms with Crippen molar-refractivity contribution in [2.75, 3.05) is 58.5 Å². The third-order valence-corrected chi connectivity index (χ3v) is 19.1. The predicted octanol–water partition coefficient (Wildman–Crippen LogP) is 0.159. The summed E-state index contributed by atoms with van der Waals surface area (Å²) in [5, 5.41) is 35.3. The number of aryl methyl sites for hydroxylation is 2. The van der Waals surface area contributed by atoms with Gasteiger partial charge in [-0.15, -0.1) is 5.10 Å². The maximum atomic E-state index is 15.1. The summed E-state index contributed by atoms with van der Waals surface area (Å²) in [6.07, 6.45) is 6.68. The second kappa shape index (κ2) is 39.4. The normalized spacial score (nSPS) is 22.9. The van der Waals surface area contributed by atoms with Gasteiger partial charge in [0, 0.05) is 99.0 Å². The smallest absolute Gasteiger partial charge is 0.315 e. The Hall–Kier alpha value is -9.46. The first-order chi connectivity index (χ1) is 48.3. The Morgan fingerprint density at radius 1 is 0.660 bits per heavy atom. The Balaban J connectivity index is 0.955. The number of urea groups is 1. The number of hydrogen-bond acceptors (Lipinski definition) is 17. The number of Topliss-reactive ketones (excluding diaryl/α,β-unsaturated/α-hetero) is 1. The van der Waals surface area contributed by atoms with E-state index in [0.29, 0.717) is 47.7 Å². The van der Waals surface area contributed by atoms with E-state index < -0.39 is 102 Å². The number of aliphatic imine (C=N–C) groups is 1. The molecule has 2 bridgehead atoms. The van der Waals surface area contributed by atoms with Crippen LogP contribution >= 0.6 is 11.8 Å². The fourth-order valence-corrected chi connectivity index (χ4v) is 13.8. The number of unbranched alkanes of at least 4 members (excludes halogenated alkanes) is 1. The molecule has 5 aromatic rings. The molecule has 0 saturated carbocycles. The highest BCUT2D eigenvalue weighted by atomic mass is 32.2. The molecule has 1 unspecified atom stereocenters. The van der Waals surface area contributed by atoms with Crippen LogP contribution < -0.4 is 65.1 Å². The van der Waals surface area contributed by atoms with Crippen molar-refractivity contribution in [1.82, 2.24) is 67.4 Å². The molecule has 3 aliphatic rings. The molecule has 30 nitrogen and oxygen atoms in total. The van der Waals surface area contributed by atoms with Gasteiger partial charge in [0.2, 0.25) is 47.3 Å². The van der Waals surface area contributed by atoms with Crippen molar-refractivity contribution < 1.29 is 62.2 Å². The second-order valence-corrected chi connectivity index (χ2v) is 26.6. The molecule has 2 aromatic heterocycles. The summed E-state index contributed by atoms with van der Waals surface area (Å²) in [7, 11) is 1.85. The zero-order chi connectivity index (χ0) is 71.3. The Morgan fingerprint density at radius 3 is 2.07 bits per heavy atom.